The number of amides is 1. The molecule has 0 radical (unpaired) electrons. The van der Waals surface area contributed by atoms with E-state index in [1.807, 2.05) is 13.8 Å². The SMILES string of the molecule is CC(C)CNC(=O)C(CC(=O)O)c1ccccn1. The average molecular weight is 250 g/mol. The van der Waals surface area contributed by atoms with E-state index in [2.05, 4.69) is 10.3 Å². The van der Waals surface area contributed by atoms with E-state index in [-0.39, 0.29) is 12.3 Å². The second kappa shape index (κ2) is 6.74. The molecule has 0 aliphatic heterocycles. The maximum absolute atomic E-state index is 12.0. The first-order chi connectivity index (χ1) is 8.50. The molecule has 98 valence electrons. The van der Waals surface area contributed by atoms with Crippen LogP contribution in [0.5, 0.6) is 0 Å². The Bertz CT molecular complexity index is 404. The van der Waals surface area contributed by atoms with Gasteiger partial charge in [0.1, 0.15) is 0 Å². The van der Waals surface area contributed by atoms with Crippen LogP contribution >= 0.6 is 0 Å². The highest BCUT2D eigenvalue weighted by molar-refractivity contribution is 5.87. The van der Waals surface area contributed by atoms with E-state index in [1.54, 1.807) is 24.4 Å². The van der Waals surface area contributed by atoms with Crippen molar-refractivity contribution in [2.75, 3.05) is 6.54 Å². The largest absolute Gasteiger partial charge is 0.481 e. The first-order valence-corrected chi connectivity index (χ1v) is 5.91. The van der Waals surface area contributed by atoms with E-state index < -0.39 is 11.9 Å². The zero-order valence-electron chi connectivity index (χ0n) is 10.6. The van der Waals surface area contributed by atoms with Gasteiger partial charge in [0, 0.05) is 12.7 Å². The van der Waals surface area contributed by atoms with Crippen molar-refractivity contribution < 1.29 is 14.7 Å². The van der Waals surface area contributed by atoms with Gasteiger partial charge in [-0.15, -0.1) is 0 Å². The molecule has 18 heavy (non-hydrogen) atoms. The molecular weight excluding hydrogens is 232 g/mol. The van der Waals surface area contributed by atoms with Crippen molar-refractivity contribution in [3.05, 3.63) is 30.1 Å². The van der Waals surface area contributed by atoms with E-state index in [4.69, 9.17) is 5.11 Å². The van der Waals surface area contributed by atoms with Gasteiger partial charge in [-0.2, -0.15) is 0 Å². The van der Waals surface area contributed by atoms with Gasteiger partial charge in [-0.25, -0.2) is 0 Å². The molecule has 0 saturated carbocycles. The fourth-order valence-electron chi connectivity index (χ4n) is 1.52. The maximum Gasteiger partial charge on any atom is 0.304 e. The third-order valence-electron chi connectivity index (χ3n) is 2.42. The van der Waals surface area contributed by atoms with Crippen molar-refractivity contribution in [1.82, 2.24) is 10.3 Å². The quantitative estimate of drug-likeness (QED) is 0.800. The molecule has 1 unspecified atom stereocenters. The number of carbonyl (C=O) groups excluding carboxylic acids is 1. The lowest BCUT2D eigenvalue weighted by Crippen LogP contribution is -2.33. The number of hydrogen-bond acceptors (Lipinski definition) is 3. The summed E-state index contributed by atoms with van der Waals surface area (Å²) in [5, 5.41) is 11.6. The molecule has 0 fully saturated rings. The fourth-order valence-corrected chi connectivity index (χ4v) is 1.52. The lowest BCUT2D eigenvalue weighted by molar-refractivity contribution is -0.139. The molecule has 1 rings (SSSR count). The number of aromatic nitrogens is 1. The van der Waals surface area contributed by atoms with Crippen LogP contribution in [0.1, 0.15) is 31.9 Å². The third-order valence-corrected chi connectivity index (χ3v) is 2.42. The number of aliphatic carboxylic acids is 1. The Labute approximate surface area is 106 Å². The molecule has 0 aliphatic rings. The number of nitrogens with one attached hydrogen (secondary N) is 1. The molecule has 1 aromatic rings. The highest BCUT2D eigenvalue weighted by Gasteiger charge is 2.24. The molecular formula is C13H18N2O3. The summed E-state index contributed by atoms with van der Waals surface area (Å²) in [6, 6.07) is 5.14. The normalized spacial score (nSPS) is 12.2. The van der Waals surface area contributed by atoms with Crippen LogP contribution in [0.25, 0.3) is 0 Å². The van der Waals surface area contributed by atoms with Gasteiger partial charge < -0.3 is 10.4 Å². The molecule has 1 atom stereocenters. The van der Waals surface area contributed by atoms with Crippen LogP contribution in [0.3, 0.4) is 0 Å². The maximum atomic E-state index is 12.0. The average Bonchev–Trinajstić information content (AvgIpc) is 2.34. The number of carbonyl (C=O) groups is 2. The van der Waals surface area contributed by atoms with Crippen LogP contribution in [-0.2, 0) is 9.59 Å². The van der Waals surface area contributed by atoms with Crippen molar-refractivity contribution in [3.63, 3.8) is 0 Å². The molecule has 0 bridgehead atoms. The molecule has 0 aliphatic carbocycles. The number of pyridine rings is 1. The Morgan fingerprint density at radius 1 is 1.39 bits per heavy atom. The third kappa shape index (κ3) is 4.53. The van der Waals surface area contributed by atoms with Gasteiger partial charge in [-0.1, -0.05) is 19.9 Å². The molecule has 0 saturated heterocycles. The van der Waals surface area contributed by atoms with Gasteiger partial charge in [0.05, 0.1) is 18.0 Å². The molecule has 0 aromatic carbocycles. The Kier molecular flexibility index (Phi) is 5.30. The summed E-state index contributed by atoms with van der Waals surface area (Å²) in [6.07, 6.45) is 1.31. The predicted molar refractivity (Wildman–Crippen MR) is 67.1 cm³/mol. The van der Waals surface area contributed by atoms with Gasteiger partial charge in [0.15, 0.2) is 0 Å². The van der Waals surface area contributed by atoms with Crippen molar-refractivity contribution in [3.8, 4) is 0 Å². The molecule has 2 N–H and O–H groups in total. The summed E-state index contributed by atoms with van der Waals surface area (Å²) in [6.45, 7) is 4.49. The number of nitrogens with zero attached hydrogens (tertiary/aromatic N) is 1. The molecule has 0 spiro atoms. The van der Waals surface area contributed by atoms with Crippen LogP contribution in [-0.4, -0.2) is 28.5 Å². The Morgan fingerprint density at radius 2 is 2.11 bits per heavy atom. The van der Waals surface area contributed by atoms with E-state index in [1.165, 1.54) is 0 Å². The van der Waals surface area contributed by atoms with Crippen LogP contribution < -0.4 is 5.32 Å². The molecule has 5 nitrogen and oxygen atoms in total. The van der Waals surface area contributed by atoms with Crippen LogP contribution in [0.4, 0.5) is 0 Å². The number of hydrogen-bond donors (Lipinski definition) is 2. The van der Waals surface area contributed by atoms with Gasteiger partial charge in [0.25, 0.3) is 0 Å². The Balaban J connectivity index is 2.78. The smallest absolute Gasteiger partial charge is 0.304 e. The summed E-state index contributed by atoms with van der Waals surface area (Å²) in [5.74, 6) is -1.71. The van der Waals surface area contributed by atoms with Crippen LogP contribution in [0.15, 0.2) is 24.4 Å². The number of carboxylic acids is 1. The highest BCUT2D eigenvalue weighted by atomic mass is 16.4. The predicted octanol–water partition coefficient (Wildman–Crippen LogP) is 1.41. The van der Waals surface area contributed by atoms with Crippen LogP contribution in [0.2, 0.25) is 0 Å². The first kappa shape index (κ1) is 14.2. The Morgan fingerprint density at radius 3 is 2.61 bits per heavy atom. The van der Waals surface area contributed by atoms with Gasteiger partial charge in [0.2, 0.25) is 5.91 Å². The first-order valence-electron chi connectivity index (χ1n) is 5.91. The van der Waals surface area contributed by atoms with Gasteiger partial charge in [-0.3, -0.25) is 14.6 Å². The van der Waals surface area contributed by atoms with E-state index in [0.717, 1.165) is 0 Å². The summed E-state index contributed by atoms with van der Waals surface area (Å²) >= 11 is 0. The van der Waals surface area contributed by atoms with Crippen LogP contribution in [0, 0.1) is 5.92 Å². The van der Waals surface area contributed by atoms with E-state index in [9.17, 15) is 9.59 Å². The van der Waals surface area contributed by atoms with Crippen molar-refractivity contribution in [2.24, 2.45) is 5.92 Å². The van der Waals surface area contributed by atoms with Crippen molar-refractivity contribution >= 4 is 11.9 Å². The monoisotopic (exact) mass is 250 g/mol. The summed E-state index contributed by atoms with van der Waals surface area (Å²) in [4.78, 5) is 26.8. The van der Waals surface area contributed by atoms with E-state index >= 15 is 0 Å². The lowest BCUT2D eigenvalue weighted by atomic mass is 9.99. The molecule has 1 amide bonds. The second-order valence-corrected chi connectivity index (χ2v) is 4.54. The summed E-state index contributed by atoms with van der Waals surface area (Å²) in [5.41, 5.74) is 0.487. The van der Waals surface area contributed by atoms with Gasteiger partial charge in [-0.05, 0) is 18.1 Å². The van der Waals surface area contributed by atoms with E-state index in [0.29, 0.717) is 18.2 Å². The number of rotatable bonds is 6. The van der Waals surface area contributed by atoms with Gasteiger partial charge >= 0.3 is 5.97 Å². The molecule has 5 heteroatoms. The minimum Gasteiger partial charge on any atom is -0.481 e. The minimum absolute atomic E-state index is 0.249. The zero-order valence-corrected chi connectivity index (χ0v) is 10.6. The fraction of sp³-hybridized carbons (Fsp3) is 0.462. The highest BCUT2D eigenvalue weighted by Crippen LogP contribution is 2.17. The summed E-state index contributed by atoms with van der Waals surface area (Å²) in [7, 11) is 0. The number of carboxylic acid groups (broad SMARTS) is 1. The summed E-state index contributed by atoms with van der Waals surface area (Å²) < 4.78 is 0. The van der Waals surface area contributed by atoms with Crippen molar-refractivity contribution in [2.45, 2.75) is 26.2 Å². The van der Waals surface area contributed by atoms with Crippen molar-refractivity contribution in [1.29, 1.82) is 0 Å². The zero-order chi connectivity index (χ0) is 13.5. The standard InChI is InChI=1S/C13H18N2O3/c1-9(2)8-15-13(18)10(7-12(16)17)11-5-3-4-6-14-11/h3-6,9-10H,7-8H2,1-2H3,(H,15,18)(H,16,17). The minimum atomic E-state index is -1.01. The molecule has 1 heterocycles. The molecule has 1 aromatic heterocycles. The lowest BCUT2D eigenvalue weighted by Gasteiger charge is -2.15. The topological polar surface area (TPSA) is 79.3 Å². The second-order valence-electron chi connectivity index (χ2n) is 4.54. The Hall–Kier alpha value is -1.91.